The molecule has 27 heavy (non-hydrogen) atoms. The van der Waals surface area contributed by atoms with Crippen molar-refractivity contribution in [1.82, 2.24) is 9.47 Å². The van der Waals surface area contributed by atoms with E-state index in [0.717, 1.165) is 54.3 Å². The fourth-order valence-electron chi connectivity index (χ4n) is 3.77. The van der Waals surface area contributed by atoms with Crippen molar-refractivity contribution in [2.45, 2.75) is 0 Å². The van der Waals surface area contributed by atoms with Gasteiger partial charge >= 0.3 is 5.97 Å². The molecule has 0 bridgehead atoms. The van der Waals surface area contributed by atoms with Crippen LogP contribution < -0.4 is 9.64 Å². The van der Waals surface area contributed by atoms with Crippen molar-refractivity contribution >= 4 is 22.7 Å². The van der Waals surface area contributed by atoms with Crippen molar-refractivity contribution in [2.75, 3.05) is 45.2 Å². The third-order valence-electron chi connectivity index (χ3n) is 5.18. The van der Waals surface area contributed by atoms with Gasteiger partial charge in [-0.15, -0.1) is 0 Å². The number of hydrogen-bond donors (Lipinski definition) is 1. The maximum Gasteiger partial charge on any atom is 0.340 e. The molecule has 0 spiro atoms. The predicted molar refractivity (Wildman–Crippen MR) is 106 cm³/mol. The highest BCUT2D eigenvalue weighted by Crippen LogP contribution is 2.37. The number of hydrogen-bond acceptors (Lipinski definition) is 4. The van der Waals surface area contributed by atoms with Crippen LogP contribution in [0.5, 0.6) is 5.75 Å². The zero-order chi connectivity index (χ0) is 19.0. The van der Waals surface area contributed by atoms with Crippen molar-refractivity contribution in [3.05, 3.63) is 54.1 Å². The third kappa shape index (κ3) is 3.02. The minimum atomic E-state index is -0.901. The number of nitrogens with zero attached hydrogens (tertiary/aromatic N) is 3. The molecule has 0 unspecified atom stereocenters. The number of anilines is 1. The van der Waals surface area contributed by atoms with Gasteiger partial charge in [-0.1, -0.05) is 24.3 Å². The SMILES string of the molecule is COc1cccc(-n2c(N3CCN(C)CC3)c(C(=O)O)c3ccccc32)c1. The molecule has 4 rings (SSSR count). The first-order chi connectivity index (χ1) is 13.1. The first-order valence-corrected chi connectivity index (χ1v) is 9.05. The van der Waals surface area contributed by atoms with E-state index in [2.05, 4.69) is 16.8 Å². The molecule has 2 aromatic carbocycles. The number of carbonyl (C=O) groups is 1. The molecule has 0 saturated carbocycles. The van der Waals surface area contributed by atoms with E-state index in [4.69, 9.17) is 4.74 Å². The molecule has 3 aromatic rings. The summed E-state index contributed by atoms with van der Waals surface area (Å²) in [6.45, 7) is 3.38. The number of carboxylic acids is 1. The number of piperazine rings is 1. The van der Waals surface area contributed by atoms with E-state index in [9.17, 15) is 9.90 Å². The number of aromatic nitrogens is 1. The minimum Gasteiger partial charge on any atom is -0.497 e. The molecule has 1 aromatic heterocycles. The van der Waals surface area contributed by atoms with Crippen LogP contribution in [-0.2, 0) is 0 Å². The molecule has 0 amide bonds. The van der Waals surface area contributed by atoms with Crippen LogP contribution in [0.2, 0.25) is 0 Å². The van der Waals surface area contributed by atoms with Crippen LogP contribution in [0.1, 0.15) is 10.4 Å². The Balaban J connectivity index is 2.00. The van der Waals surface area contributed by atoms with Crippen LogP contribution in [0.25, 0.3) is 16.6 Å². The predicted octanol–water partition coefficient (Wildman–Crippen LogP) is 3.09. The molecule has 0 aliphatic carbocycles. The van der Waals surface area contributed by atoms with Gasteiger partial charge in [0, 0.05) is 37.6 Å². The smallest absolute Gasteiger partial charge is 0.340 e. The molecule has 1 fully saturated rings. The molecule has 1 aliphatic heterocycles. The Kier molecular flexibility index (Phi) is 4.49. The van der Waals surface area contributed by atoms with Gasteiger partial charge in [0.1, 0.15) is 17.1 Å². The molecule has 1 N–H and O–H groups in total. The van der Waals surface area contributed by atoms with Gasteiger partial charge in [-0.25, -0.2) is 4.79 Å². The van der Waals surface area contributed by atoms with E-state index < -0.39 is 5.97 Å². The molecule has 6 heteroatoms. The van der Waals surface area contributed by atoms with E-state index in [1.807, 2.05) is 53.1 Å². The van der Waals surface area contributed by atoms with E-state index in [1.54, 1.807) is 7.11 Å². The van der Waals surface area contributed by atoms with Gasteiger partial charge in [-0.3, -0.25) is 4.57 Å². The second kappa shape index (κ2) is 6.96. The second-order valence-electron chi connectivity index (χ2n) is 6.85. The molecule has 1 aliphatic rings. The lowest BCUT2D eigenvalue weighted by molar-refractivity contribution is 0.0699. The van der Waals surface area contributed by atoms with Crippen LogP contribution in [0.15, 0.2) is 48.5 Å². The van der Waals surface area contributed by atoms with E-state index in [0.29, 0.717) is 5.56 Å². The molecule has 140 valence electrons. The summed E-state index contributed by atoms with van der Waals surface area (Å²) in [5.74, 6) is 0.582. The van der Waals surface area contributed by atoms with Gasteiger partial charge in [0.2, 0.25) is 0 Å². The first-order valence-electron chi connectivity index (χ1n) is 9.05. The molecule has 0 atom stereocenters. The molecule has 0 radical (unpaired) electrons. The zero-order valence-electron chi connectivity index (χ0n) is 15.6. The standard InChI is InChI=1S/C21H23N3O3/c1-22-10-12-23(13-11-22)20-19(21(25)26)17-8-3-4-9-18(17)24(20)15-6-5-7-16(14-15)27-2/h3-9,14H,10-13H2,1-2H3,(H,25,26). The number of carboxylic acid groups (broad SMARTS) is 1. The van der Waals surface area contributed by atoms with E-state index in [-0.39, 0.29) is 0 Å². The molecule has 1 saturated heterocycles. The number of likely N-dealkylation sites (N-methyl/N-ethyl adjacent to an activating group) is 1. The Morgan fingerprint density at radius 3 is 2.48 bits per heavy atom. The van der Waals surface area contributed by atoms with Crippen molar-refractivity contribution in [1.29, 1.82) is 0 Å². The van der Waals surface area contributed by atoms with Crippen molar-refractivity contribution in [2.24, 2.45) is 0 Å². The Morgan fingerprint density at radius 2 is 1.78 bits per heavy atom. The fourth-order valence-corrected chi connectivity index (χ4v) is 3.77. The summed E-state index contributed by atoms with van der Waals surface area (Å²) in [7, 11) is 3.73. The first kappa shape index (κ1) is 17.4. The third-order valence-corrected chi connectivity index (χ3v) is 5.18. The monoisotopic (exact) mass is 365 g/mol. The summed E-state index contributed by atoms with van der Waals surface area (Å²) in [4.78, 5) is 16.7. The molecular weight excluding hydrogens is 342 g/mol. The summed E-state index contributed by atoms with van der Waals surface area (Å²) < 4.78 is 7.44. The largest absolute Gasteiger partial charge is 0.497 e. The highest BCUT2D eigenvalue weighted by molar-refractivity contribution is 6.10. The van der Waals surface area contributed by atoms with Gasteiger partial charge in [-0.05, 0) is 25.2 Å². The van der Waals surface area contributed by atoms with E-state index >= 15 is 0 Å². The summed E-state index contributed by atoms with van der Waals surface area (Å²) in [5.41, 5.74) is 2.14. The minimum absolute atomic E-state index is 0.359. The number of fused-ring (bicyclic) bond motifs is 1. The highest BCUT2D eigenvalue weighted by atomic mass is 16.5. The van der Waals surface area contributed by atoms with Gasteiger partial charge in [0.25, 0.3) is 0 Å². The van der Waals surface area contributed by atoms with Crippen LogP contribution >= 0.6 is 0 Å². The quantitative estimate of drug-likeness (QED) is 0.770. The Bertz CT molecular complexity index is 988. The number of rotatable bonds is 4. The number of ether oxygens (including phenoxy) is 1. The lowest BCUT2D eigenvalue weighted by Gasteiger charge is -2.35. The number of benzene rings is 2. The number of methoxy groups -OCH3 is 1. The fraction of sp³-hybridized carbons (Fsp3) is 0.286. The van der Waals surface area contributed by atoms with Crippen LogP contribution in [0, 0.1) is 0 Å². The molecular formula is C21H23N3O3. The normalized spacial score (nSPS) is 15.3. The van der Waals surface area contributed by atoms with Gasteiger partial charge in [0.05, 0.1) is 18.3 Å². The van der Waals surface area contributed by atoms with Crippen LogP contribution in [-0.4, -0.2) is 60.9 Å². The summed E-state index contributed by atoms with van der Waals surface area (Å²) >= 11 is 0. The average Bonchev–Trinajstić information content (AvgIpc) is 3.04. The van der Waals surface area contributed by atoms with Crippen molar-refractivity contribution < 1.29 is 14.6 Å². The van der Waals surface area contributed by atoms with Gasteiger partial charge in [-0.2, -0.15) is 0 Å². The van der Waals surface area contributed by atoms with E-state index in [1.165, 1.54) is 0 Å². The number of aromatic carboxylic acids is 1. The maximum atomic E-state index is 12.2. The summed E-state index contributed by atoms with van der Waals surface area (Å²) in [5, 5.41) is 10.8. The van der Waals surface area contributed by atoms with Crippen molar-refractivity contribution in [3.63, 3.8) is 0 Å². The molecule has 2 heterocycles. The topological polar surface area (TPSA) is 57.9 Å². The lowest BCUT2D eigenvalue weighted by Crippen LogP contribution is -2.45. The second-order valence-corrected chi connectivity index (χ2v) is 6.85. The number of para-hydroxylation sites is 1. The average molecular weight is 365 g/mol. The zero-order valence-corrected chi connectivity index (χ0v) is 15.6. The van der Waals surface area contributed by atoms with Crippen LogP contribution in [0.3, 0.4) is 0 Å². The maximum absolute atomic E-state index is 12.2. The van der Waals surface area contributed by atoms with Crippen LogP contribution in [0.4, 0.5) is 5.82 Å². The van der Waals surface area contributed by atoms with Gasteiger partial charge < -0.3 is 19.6 Å². The summed E-state index contributed by atoms with van der Waals surface area (Å²) in [6, 6.07) is 15.4. The Morgan fingerprint density at radius 1 is 1.04 bits per heavy atom. The highest BCUT2D eigenvalue weighted by Gasteiger charge is 2.28. The Hall–Kier alpha value is -2.99. The Labute approximate surface area is 158 Å². The lowest BCUT2D eigenvalue weighted by atomic mass is 10.1. The summed E-state index contributed by atoms with van der Waals surface area (Å²) in [6.07, 6.45) is 0. The van der Waals surface area contributed by atoms with Gasteiger partial charge in [0.15, 0.2) is 0 Å². The molecule has 6 nitrogen and oxygen atoms in total. The van der Waals surface area contributed by atoms with Crippen molar-refractivity contribution in [3.8, 4) is 11.4 Å².